The van der Waals surface area contributed by atoms with Crippen molar-refractivity contribution in [2.45, 2.75) is 17.2 Å². The lowest BCUT2D eigenvalue weighted by molar-refractivity contribution is 0.651. The summed E-state index contributed by atoms with van der Waals surface area (Å²) in [5, 5.41) is 2.84. The second-order valence-corrected chi connectivity index (χ2v) is 5.68. The molecule has 0 radical (unpaired) electrons. The average molecular weight is 212 g/mol. The van der Waals surface area contributed by atoms with Gasteiger partial charge in [-0.3, -0.25) is 0 Å². The smallest absolute Gasteiger partial charge is 0.0932 e. The first-order chi connectivity index (χ1) is 6.65. The van der Waals surface area contributed by atoms with Gasteiger partial charge in [0.25, 0.3) is 0 Å². The number of hydrogen-bond donors (Lipinski definition) is 1. The summed E-state index contributed by atoms with van der Waals surface area (Å²) in [5.74, 6) is 0. The lowest BCUT2D eigenvalue weighted by atomic mass is 10.4. The summed E-state index contributed by atoms with van der Waals surface area (Å²) in [4.78, 5) is 0.782. The zero-order chi connectivity index (χ0) is 10.6. The highest BCUT2D eigenvalue weighted by Gasteiger charge is 2.18. The Hall–Kier alpha value is -0.870. The molecular formula is C10H16N2OS. The molecule has 78 valence electrons. The first-order valence-electron chi connectivity index (χ1n) is 4.51. The highest BCUT2D eigenvalue weighted by molar-refractivity contribution is 7.94. The van der Waals surface area contributed by atoms with E-state index in [4.69, 9.17) is 0 Å². The van der Waals surface area contributed by atoms with E-state index in [1.807, 2.05) is 37.3 Å². The number of nitrogens with zero attached hydrogens (tertiary/aromatic N) is 1. The van der Waals surface area contributed by atoms with Gasteiger partial charge in [-0.1, -0.05) is 18.2 Å². The van der Waals surface area contributed by atoms with E-state index in [1.165, 1.54) is 0 Å². The van der Waals surface area contributed by atoms with Crippen LogP contribution >= 0.6 is 0 Å². The van der Waals surface area contributed by atoms with Crippen LogP contribution in [0.15, 0.2) is 39.6 Å². The van der Waals surface area contributed by atoms with Crippen molar-refractivity contribution < 1.29 is 4.21 Å². The first kappa shape index (κ1) is 11.2. The predicted octanol–water partition coefficient (Wildman–Crippen LogP) is 1.71. The van der Waals surface area contributed by atoms with Crippen molar-refractivity contribution in [3.63, 3.8) is 0 Å². The van der Waals surface area contributed by atoms with Gasteiger partial charge >= 0.3 is 0 Å². The van der Waals surface area contributed by atoms with Gasteiger partial charge in [-0.15, -0.1) is 0 Å². The molecule has 0 aromatic heterocycles. The van der Waals surface area contributed by atoms with Crippen molar-refractivity contribution >= 4 is 9.73 Å². The summed E-state index contributed by atoms with van der Waals surface area (Å²) in [6, 6.07) is 9.36. The van der Waals surface area contributed by atoms with E-state index in [1.54, 1.807) is 14.1 Å². The van der Waals surface area contributed by atoms with Crippen LogP contribution in [0.3, 0.4) is 0 Å². The van der Waals surface area contributed by atoms with E-state index < -0.39 is 9.73 Å². The lowest BCUT2D eigenvalue weighted by Gasteiger charge is -2.16. The Kier molecular flexibility index (Phi) is 3.66. The lowest BCUT2D eigenvalue weighted by Crippen LogP contribution is -2.30. The van der Waals surface area contributed by atoms with E-state index in [0.717, 1.165) is 4.90 Å². The molecule has 2 atom stereocenters. The minimum atomic E-state index is -2.32. The molecule has 0 fully saturated rings. The normalized spacial score (nSPS) is 17.1. The highest BCUT2D eigenvalue weighted by atomic mass is 32.2. The largest absolute Gasteiger partial charge is 0.305 e. The van der Waals surface area contributed by atoms with Crippen LogP contribution in [0.2, 0.25) is 0 Å². The maximum atomic E-state index is 12.5. The monoisotopic (exact) mass is 212 g/mol. The van der Waals surface area contributed by atoms with Gasteiger partial charge in [-0.25, -0.2) is 8.57 Å². The quantitative estimate of drug-likeness (QED) is 0.828. The van der Waals surface area contributed by atoms with Crippen molar-refractivity contribution in [2.24, 2.45) is 4.36 Å². The Morgan fingerprint density at radius 2 is 1.93 bits per heavy atom. The molecule has 1 N–H and O–H groups in total. The molecule has 14 heavy (non-hydrogen) atoms. The van der Waals surface area contributed by atoms with Gasteiger partial charge in [0.2, 0.25) is 0 Å². The van der Waals surface area contributed by atoms with Crippen LogP contribution in [0.5, 0.6) is 0 Å². The van der Waals surface area contributed by atoms with Crippen molar-refractivity contribution in [1.82, 2.24) is 5.32 Å². The standard InChI is InChI=1S/C10H16N2OS/c1-9(11-2)14(13,12-3)10-7-5-4-6-8-10/h4-9,11H,1-3H3. The molecule has 3 nitrogen and oxygen atoms in total. The molecule has 1 aromatic carbocycles. The summed E-state index contributed by atoms with van der Waals surface area (Å²) in [7, 11) is 1.07. The van der Waals surface area contributed by atoms with Crippen LogP contribution in [-0.2, 0) is 9.73 Å². The second kappa shape index (κ2) is 4.57. The highest BCUT2D eigenvalue weighted by Crippen LogP contribution is 2.16. The summed E-state index contributed by atoms with van der Waals surface area (Å²) in [6.07, 6.45) is 0. The zero-order valence-corrected chi connectivity index (χ0v) is 9.54. The molecule has 0 amide bonds. The van der Waals surface area contributed by atoms with Gasteiger partial charge in [-0.05, 0) is 26.1 Å². The fourth-order valence-corrected chi connectivity index (χ4v) is 3.04. The summed E-state index contributed by atoms with van der Waals surface area (Å²) >= 11 is 0. The number of nitrogens with one attached hydrogen (secondary N) is 1. The van der Waals surface area contributed by atoms with Crippen molar-refractivity contribution in [3.05, 3.63) is 30.3 Å². The summed E-state index contributed by atoms with van der Waals surface area (Å²) in [6.45, 7) is 1.88. The molecule has 1 aromatic rings. The van der Waals surface area contributed by atoms with Gasteiger partial charge in [-0.2, -0.15) is 0 Å². The third-order valence-corrected chi connectivity index (χ3v) is 4.92. The fourth-order valence-electron chi connectivity index (χ4n) is 1.24. The SMILES string of the molecule is CN=S(=O)(c1ccccc1)C(C)NC. The minimum absolute atomic E-state index is 0.144. The van der Waals surface area contributed by atoms with Crippen LogP contribution in [0.4, 0.5) is 0 Å². The Labute approximate surface area is 85.7 Å². The molecular weight excluding hydrogens is 196 g/mol. The van der Waals surface area contributed by atoms with Crippen molar-refractivity contribution in [1.29, 1.82) is 0 Å². The Bertz CT molecular complexity index is 394. The minimum Gasteiger partial charge on any atom is -0.305 e. The topological polar surface area (TPSA) is 41.5 Å². The molecule has 0 saturated heterocycles. The molecule has 1 rings (SSSR count). The molecule has 0 heterocycles. The maximum Gasteiger partial charge on any atom is 0.0932 e. The zero-order valence-electron chi connectivity index (χ0n) is 8.73. The Balaban J connectivity index is 3.24. The maximum absolute atomic E-state index is 12.5. The molecule has 0 saturated carbocycles. The van der Waals surface area contributed by atoms with Crippen molar-refractivity contribution in [2.75, 3.05) is 14.1 Å². The van der Waals surface area contributed by atoms with Gasteiger partial charge in [0.05, 0.1) is 15.1 Å². The molecule has 0 aliphatic heterocycles. The van der Waals surface area contributed by atoms with Crippen LogP contribution in [0, 0.1) is 0 Å². The third kappa shape index (κ3) is 1.96. The van der Waals surface area contributed by atoms with Gasteiger partial charge in [0.1, 0.15) is 0 Å². The molecule has 0 bridgehead atoms. The predicted molar refractivity (Wildman–Crippen MR) is 59.7 cm³/mol. The molecule has 0 spiro atoms. The average Bonchev–Trinajstić information content (AvgIpc) is 2.28. The Morgan fingerprint density at radius 3 is 2.36 bits per heavy atom. The van der Waals surface area contributed by atoms with E-state index in [-0.39, 0.29) is 5.37 Å². The van der Waals surface area contributed by atoms with Crippen LogP contribution in [0.1, 0.15) is 6.92 Å². The van der Waals surface area contributed by atoms with E-state index >= 15 is 0 Å². The van der Waals surface area contributed by atoms with E-state index in [9.17, 15) is 4.21 Å². The second-order valence-electron chi connectivity index (χ2n) is 3.00. The van der Waals surface area contributed by atoms with Crippen LogP contribution in [0.25, 0.3) is 0 Å². The number of hydrogen-bond acceptors (Lipinski definition) is 3. The van der Waals surface area contributed by atoms with Gasteiger partial charge in [0.15, 0.2) is 0 Å². The molecule has 2 unspecified atom stereocenters. The van der Waals surface area contributed by atoms with E-state index in [2.05, 4.69) is 9.68 Å². The molecule has 0 aliphatic rings. The first-order valence-corrected chi connectivity index (χ1v) is 6.09. The fraction of sp³-hybridized carbons (Fsp3) is 0.400. The van der Waals surface area contributed by atoms with Gasteiger partial charge < -0.3 is 5.32 Å². The van der Waals surface area contributed by atoms with Gasteiger partial charge in [0, 0.05) is 11.9 Å². The number of rotatable bonds is 3. The Morgan fingerprint density at radius 1 is 1.36 bits per heavy atom. The van der Waals surface area contributed by atoms with Crippen molar-refractivity contribution in [3.8, 4) is 0 Å². The van der Waals surface area contributed by atoms with Crippen LogP contribution < -0.4 is 5.32 Å². The summed E-state index contributed by atoms with van der Waals surface area (Å²) < 4.78 is 16.5. The third-order valence-electron chi connectivity index (χ3n) is 2.24. The molecule has 0 aliphatic carbocycles. The summed E-state index contributed by atoms with van der Waals surface area (Å²) in [5.41, 5.74) is 0. The number of benzene rings is 1. The van der Waals surface area contributed by atoms with E-state index in [0.29, 0.717) is 0 Å². The van der Waals surface area contributed by atoms with Crippen LogP contribution in [-0.4, -0.2) is 23.7 Å². The molecule has 4 heteroatoms.